The first-order chi connectivity index (χ1) is 8.08. The van der Waals surface area contributed by atoms with Gasteiger partial charge in [0.25, 0.3) is 0 Å². The van der Waals surface area contributed by atoms with Crippen molar-refractivity contribution in [2.45, 2.75) is 39.2 Å². The van der Waals surface area contributed by atoms with Crippen molar-refractivity contribution >= 4 is 11.6 Å². The van der Waals surface area contributed by atoms with Crippen molar-refractivity contribution in [2.75, 3.05) is 6.61 Å². The molecule has 0 radical (unpaired) electrons. The monoisotopic (exact) mass is 254 g/mol. The van der Waals surface area contributed by atoms with E-state index < -0.39 is 0 Å². The summed E-state index contributed by atoms with van der Waals surface area (Å²) in [5.41, 5.74) is 2.33. The lowest BCUT2D eigenvalue weighted by Crippen LogP contribution is -2.15. The third-order valence-corrected chi connectivity index (χ3v) is 3.52. The quantitative estimate of drug-likeness (QED) is 0.894. The van der Waals surface area contributed by atoms with Gasteiger partial charge in [-0.05, 0) is 42.0 Å². The molecule has 0 aromatic heterocycles. The second kappa shape index (κ2) is 5.28. The molecule has 1 aromatic rings. The molecule has 0 fully saturated rings. The van der Waals surface area contributed by atoms with E-state index in [1.807, 2.05) is 26.0 Å². The van der Waals surface area contributed by atoms with Crippen LogP contribution in [0.2, 0.25) is 5.02 Å². The van der Waals surface area contributed by atoms with Crippen molar-refractivity contribution in [3.8, 4) is 5.75 Å². The highest BCUT2D eigenvalue weighted by atomic mass is 35.5. The van der Waals surface area contributed by atoms with Gasteiger partial charge in [0.2, 0.25) is 0 Å². The average Bonchev–Trinajstić information content (AvgIpc) is 2.72. The summed E-state index contributed by atoms with van der Waals surface area (Å²) in [5.74, 6) is 1.29. The molecular weight excluding hydrogens is 236 g/mol. The molecule has 2 nitrogen and oxygen atoms in total. The summed E-state index contributed by atoms with van der Waals surface area (Å²) >= 11 is 6.09. The summed E-state index contributed by atoms with van der Waals surface area (Å²) in [6.45, 7) is 4.81. The number of hydrogen-bond acceptors (Lipinski definition) is 2. The lowest BCUT2D eigenvalue weighted by molar-refractivity contribution is 0.116. The summed E-state index contributed by atoms with van der Waals surface area (Å²) in [5, 5.41) is 10.6. The maximum Gasteiger partial charge on any atom is 0.125 e. The Kier molecular flexibility index (Phi) is 3.95. The van der Waals surface area contributed by atoms with Crippen molar-refractivity contribution < 1.29 is 9.84 Å². The Balaban J connectivity index is 2.11. The molecular formula is C14H19ClO2. The number of halogens is 1. The molecule has 0 amide bonds. The van der Waals surface area contributed by atoms with Crippen LogP contribution < -0.4 is 4.74 Å². The summed E-state index contributed by atoms with van der Waals surface area (Å²) in [6, 6.07) is 3.94. The summed E-state index contributed by atoms with van der Waals surface area (Å²) in [4.78, 5) is 0. The van der Waals surface area contributed by atoms with Crippen LogP contribution in [-0.2, 0) is 12.8 Å². The highest BCUT2D eigenvalue weighted by Gasteiger charge is 2.18. The van der Waals surface area contributed by atoms with Gasteiger partial charge in [-0.1, -0.05) is 25.4 Å². The fourth-order valence-electron chi connectivity index (χ4n) is 2.17. The van der Waals surface area contributed by atoms with E-state index in [0.717, 1.165) is 42.2 Å². The van der Waals surface area contributed by atoms with Gasteiger partial charge in [0.1, 0.15) is 5.75 Å². The van der Waals surface area contributed by atoms with E-state index in [1.165, 1.54) is 5.56 Å². The number of rotatable bonds is 4. The van der Waals surface area contributed by atoms with E-state index in [2.05, 4.69) is 0 Å². The zero-order valence-corrected chi connectivity index (χ0v) is 11.1. The molecule has 3 heteroatoms. The summed E-state index contributed by atoms with van der Waals surface area (Å²) in [6.07, 6.45) is 2.26. The molecule has 0 saturated heterocycles. The zero-order valence-electron chi connectivity index (χ0n) is 10.4. The molecule has 0 saturated carbocycles. The van der Waals surface area contributed by atoms with Gasteiger partial charge in [-0.3, -0.25) is 0 Å². The fraction of sp³-hybridized carbons (Fsp3) is 0.571. The van der Waals surface area contributed by atoms with Gasteiger partial charge in [-0.2, -0.15) is 0 Å². The number of fused-ring (bicyclic) bond motifs is 1. The number of hydrogen-bond donors (Lipinski definition) is 1. The molecule has 2 rings (SSSR count). The smallest absolute Gasteiger partial charge is 0.125 e. The molecule has 1 heterocycles. The minimum Gasteiger partial charge on any atom is -0.493 e. The SMILES string of the molecule is CC(C)C(O)CCc1cc(Cl)cc2c1OCC2. The highest BCUT2D eigenvalue weighted by molar-refractivity contribution is 6.30. The van der Waals surface area contributed by atoms with Crippen LogP contribution in [0.3, 0.4) is 0 Å². The number of ether oxygens (including phenoxy) is 1. The normalized spacial score (nSPS) is 15.8. The largest absolute Gasteiger partial charge is 0.493 e. The lowest BCUT2D eigenvalue weighted by atomic mass is 9.97. The first kappa shape index (κ1) is 12.7. The van der Waals surface area contributed by atoms with E-state index in [-0.39, 0.29) is 6.10 Å². The predicted molar refractivity (Wildman–Crippen MR) is 69.8 cm³/mol. The molecule has 0 aliphatic carbocycles. The Bertz CT molecular complexity index is 401. The van der Waals surface area contributed by atoms with E-state index in [1.54, 1.807) is 0 Å². The van der Waals surface area contributed by atoms with Crippen LogP contribution in [0.5, 0.6) is 5.75 Å². The Hall–Kier alpha value is -0.730. The van der Waals surface area contributed by atoms with Gasteiger partial charge < -0.3 is 9.84 Å². The molecule has 1 aliphatic heterocycles. The zero-order chi connectivity index (χ0) is 12.4. The third-order valence-electron chi connectivity index (χ3n) is 3.30. The molecule has 94 valence electrons. The van der Waals surface area contributed by atoms with Crippen LogP contribution in [0.1, 0.15) is 31.4 Å². The van der Waals surface area contributed by atoms with Crippen molar-refractivity contribution in [1.29, 1.82) is 0 Å². The standard InChI is InChI=1S/C14H19ClO2/c1-9(2)13(16)4-3-10-7-12(15)8-11-5-6-17-14(10)11/h7-9,13,16H,3-6H2,1-2H3. The Morgan fingerprint density at radius 2 is 2.18 bits per heavy atom. The van der Waals surface area contributed by atoms with Crippen molar-refractivity contribution in [2.24, 2.45) is 5.92 Å². The Labute approximate surface area is 108 Å². The van der Waals surface area contributed by atoms with Gasteiger partial charge in [0.05, 0.1) is 12.7 Å². The summed E-state index contributed by atoms with van der Waals surface area (Å²) in [7, 11) is 0. The maximum atomic E-state index is 9.83. The highest BCUT2D eigenvalue weighted by Crippen LogP contribution is 2.33. The molecule has 1 aromatic carbocycles. The van der Waals surface area contributed by atoms with Gasteiger partial charge in [0, 0.05) is 11.4 Å². The Morgan fingerprint density at radius 3 is 2.88 bits per heavy atom. The van der Waals surface area contributed by atoms with Crippen molar-refractivity contribution in [3.63, 3.8) is 0 Å². The molecule has 0 spiro atoms. The maximum absolute atomic E-state index is 9.83. The molecule has 17 heavy (non-hydrogen) atoms. The minimum absolute atomic E-state index is 0.258. The molecule has 0 bridgehead atoms. The Morgan fingerprint density at radius 1 is 1.41 bits per heavy atom. The lowest BCUT2D eigenvalue weighted by Gasteiger charge is -2.15. The van der Waals surface area contributed by atoms with Crippen LogP contribution in [-0.4, -0.2) is 17.8 Å². The van der Waals surface area contributed by atoms with E-state index in [9.17, 15) is 5.11 Å². The topological polar surface area (TPSA) is 29.5 Å². The van der Waals surface area contributed by atoms with Gasteiger partial charge in [-0.25, -0.2) is 0 Å². The fourth-order valence-corrected chi connectivity index (χ4v) is 2.43. The van der Waals surface area contributed by atoms with E-state index in [0.29, 0.717) is 5.92 Å². The van der Waals surface area contributed by atoms with E-state index in [4.69, 9.17) is 16.3 Å². The predicted octanol–water partition coefficient (Wildman–Crippen LogP) is 3.22. The van der Waals surface area contributed by atoms with Crippen LogP contribution in [0.25, 0.3) is 0 Å². The van der Waals surface area contributed by atoms with E-state index >= 15 is 0 Å². The number of aliphatic hydroxyl groups is 1. The van der Waals surface area contributed by atoms with Gasteiger partial charge >= 0.3 is 0 Å². The molecule has 1 N–H and O–H groups in total. The third kappa shape index (κ3) is 2.93. The van der Waals surface area contributed by atoms with Crippen LogP contribution >= 0.6 is 11.6 Å². The van der Waals surface area contributed by atoms with Crippen LogP contribution in [0.15, 0.2) is 12.1 Å². The number of aryl methyl sites for hydroxylation is 1. The first-order valence-electron chi connectivity index (χ1n) is 6.20. The number of benzene rings is 1. The second-order valence-electron chi connectivity index (χ2n) is 5.00. The van der Waals surface area contributed by atoms with Crippen molar-refractivity contribution in [1.82, 2.24) is 0 Å². The second-order valence-corrected chi connectivity index (χ2v) is 5.44. The van der Waals surface area contributed by atoms with Gasteiger partial charge in [-0.15, -0.1) is 0 Å². The number of aliphatic hydroxyl groups excluding tert-OH is 1. The van der Waals surface area contributed by atoms with Crippen molar-refractivity contribution in [3.05, 3.63) is 28.3 Å². The molecule has 1 atom stereocenters. The first-order valence-corrected chi connectivity index (χ1v) is 6.58. The molecule has 1 aliphatic rings. The average molecular weight is 255 g/mol. The van der Waals surface area contributed by atoms with Crippen LogP contribution in [0, 0.1) is 5.92 Å². The minimum atomic E-state index is -0.258. The summed E-state index contributed by atoms with van der Waals surface area (Å²) < 4.78 is 5.64. The van der Waals surface area contributed by atoms with Crippen LogP contribution in [0.4, 0.5) is 0 Å². The van der Waals surface area contributed by atoms with Gasteiger partial charge in [0.15, 0.2) is 0 Å². The molecule has 1 unspecified atom stereocenters.